The van der Waals surface area contributed by atoms with Gasteiger partial charge in [0.2, 0.25) is 0 Å². The Morgan fingerprint density at radius 2 is 1.60 bits per heavy atom. The summed E-state index contributed by atoms with van der Waals surface area (Å²) in [7, 11) is 1.60. The average Bonchev–Trinajstić information content (AvgIpc) is 2.50. The smallest absolute Gasteiger partial charge is 0.318 e. The highest BCUT2D eigenvalue weighted by Gasteiger charge is 2.20. The molecule has 0 radical (unpaired) electrons. The molecule has 0 saturated carbocycles. The minimum absolute atomic E-state index is 0.233. The summed E-state index contributed by atoms with van der Waals surface area (Å²) < 4.78 is 10.5. The Kier molecular flexibility index (Phi) is 4.77. The Bertz CT molecular complexity index is 546. The van der Waals surface area contributed by atoms with E-state index in [0.29, 0.717) is 12.2 Å². The van der Waals surface area contributed by atoms with Gasteiger partial charge in [0.05, 0.1) is 13.0 Å². The van der Waals surface area contributed by atoms with Crippen molar-refractivity contribution in [2.24, 2.45) is 0 Å². The SMILES string of the molecule is CCC(C(=O)Oc1ccc(OC)cc1)c1ccccc1. The van der Waals surface area contributed by atoms with E-state index in [2.05, 4.69) is 0 Å². The number of rotatable bonds is 5. The van der Waals surface area contributed by atoms with E-state index in [1.165, 1.54) is 0 Å². The van der Waals surface area contributed by atoms with Gasteiger partial charge in [0.25, 0.3) is 0 Å². The highest BCUT2D eigenvalue weighted by atomic mass is 16.5. The van der Waals surface area contributed by atoms with Gasteiger partial charge in [-0.15, -0.1) is 0 Å². The molecule has 104 valence electrons. The summed E-state index contributed by atoms with van der Waals surface area (Å²) >= 11 is 0. The summed E-state index contributed by atoms with van der Waals surface area (Å²) in [5.74, 6) is 0.798. The van der Waals surface area contributed by atoms with Crippen molar-refractivity contribution in [3.63, 3.8) is 0 Å². The molecule has 2 aromatic carbocycles. The molecule has 0 aliphatic rings. The maximum Gasteiger partial charge on any atom is 0.318 e. The maximum absolute atomic E-state index is 12.2. The fourth-order valence-corrected chi connectivity index (χ4v) is 2.05. The van der Waals surface area contributed by atoms with E-state index >= 15 is 0 Å². The van der Waals surface area contributed by atoms with Crippen molar-refractivity contribution in [1.29, 1.82) is 0 Å². The Morgan fingerprint density at radius 3 is 2.15 bits per heavy atom. The minimum atomic E-state index is -0.238. The lowest BCUT2D eigenvalue weighted by Gasteiger charge is -2.14. The van der Waals surface area contributed by atoms with Crippen molar-refractivity contribution in [1.82, 2.24) is 0 Å². The lowest BCUT2D eigenvalue weighted by Crippen LogP contribution is -2.18. The van der Waals surface area contributed by atoms with Crippen LogP contribution in [0.5, 0.6) is 11.5 Å². The third-order valence-electron chi connectivity index (χ3n) is 3.17. The Labute approximate surface area is 119 Å². The number of carbonyl (C=O) groups is 1. The molecule has 20 heavy (non-hydrogen) atoms. The molecule has 1 atom stereocenters. The van der Waals surface area contributed by atoms with Crippen molar-refractivity contribution in [2.75, 3.05) is 7.11 Å². The van der Waals surface area contributed by atoms with Crippen LogP contribution in [0.15, 0.2) is 54.6 Å². The molecule has 0 fully saturated rings. The number of hydrogen-bond donors (Lipinski definition) is 0. The van der Waals surface area contributed by atoms with Gasteiger partial charge in [-0.25, -0.2) is 0 Å². The first-order valence-electron chi connectivity index (χ1n) is 6.65. The lowest BCUT2D eigenvalue weighted by molar-refractivity contribution is -0.136. The van der Waals surface area contributed by atoms with Crippen LogP contribution in [-0.2, 0) is 4.79 Å². The summed E-state index contributed by atoms with van der Waals surface area (Å²) in [6.45, 7) is 1.98. The lowest BCUT2D eigenvalue weighted by atomic mass is 9.97. The van der Waals surface area contributed by atoms with Crippen LogP contribution in [0.4, 0.5) is 0 Å². The molecular formula is C17H18O3. The van der Waals surface area contributed by atoms with Crippen molar-refractivity contribution in [3.8, 4) is 11.5 Å². The molecule has 2 aromatic rings. The highest BCUT2D eigenvalue weighted by Crippen LogP contribution is 2.23. The number of methoxy groups -OCH3 is 1. The largest absolute Gasteiger partial charge is 0.497 e. The van der Waals surface area contributed by atoms with Gasteiger partial charge in [-0.1, -0.05) is 37.3 Å². The summed E-state index contributed by atoms with van der Waals surface area (Å²) in [6, 6.07) is 16.7. The van der Waals surface area contributed by atoms with Gasteiger partial charge < -0.3 is 9.47 Å². The third kappa shape index (κ3) is 3.38. The summed E-state index contributed by atoms with van der Waals surface area (Å²) in [5.41, 5.74) is 0.980. The maximum atomic E-state index is 12.2. The molecule has 0 aliphatic heterocycles. The van der Waals surface area contributed by atoms with E-state index in [4.69, 9.17) is 9.47 Å². The van der Waals surface area contributed by atoms with Gasteiger partial charge in [0, 0.05) is 0 Å². The molecule has 2 rings (SSSR count). The van der Waals surface area contributed by atoms with Gasteiger partial charge in [0.1, 0.15) is 11.5 Å². The van der Waals surface area contributed by atoms with Crippen molar-refractivity contribution in [2.45, 2.75) is 19.3 Å². The minimum Gasteiger partial charge on any atom is -0.497 e. The summed E-state index contributed by atoms with van der Waals surface area (Å²) in [5, 5.41) is 0. The second kappa shape index (κ2) is 6.75. The molecule has 0 amide bonds. The second-order valence-corrected chi connectivity index (χ2v) is 4.47. The topological polar surface area (TPSA) is 35.5 Å². The van der Waals surface area contributed by atoms with Gasteiger partial charge in [0.15, 0.2) is 0 Å². The quantitative estimate of drug-likeness (QED) is 0.612. The zero-order valence-electron chi connectivity index (χ0n) is 11.7. The average molecular weight is 270 g/mol. The molecular weight excluding hydrogens is 252 g/mol. The second-order valence-electron chi connectivity index (χ2n) is 4.47. The van der Waals surface area contributed by atoms with Gasteiger partial charge >= 0.3 is 5.97 Å². The Morgan fingerprint density at radius 1 is 1.00 bits per heavy atom. The first kappa shape index (κ1) is 14.1. The Hall–Kier alpha value is -2.29. The first-order chi connectivity index (χ1) is 9.74. The van der Waals surface area contributed by atoms with Crippen LogP contribution in [0.1, 0.15) is 24.8 Å². The molecule has 3 heteroatoms. The predicted molar refractivity (Wildman–Crippen MR) is 78.1 cm³/mol. The van der Waals surface area contributed by atoms with Crippen molar-refractivity contribution >= 4 is 5.97 Å². The number of benzene rings is 2. The van der Waals surface area contributed by atoms with Gasteiger partial charge in [-0.2, -0.15) is 0 Å². The zero-order chi connectivity index (χ0) is 14.4. The van der Waals surface area contributed by atoms with Crippen LogP contribution in [-0.4, -0.2) is 13.1 Å². The van der Waals surface area contributed by atoms with Crippen LogP contribution in [0.3, 0.4) is 0 Å². The van der Waals surface area contributed by atoms with Crippen molar-refractivity contribution < 1.29 is 14.3 Å². The first-order valence-corrected chi connectivity index (χ1v) is 6.65. The van der Waals surface area contributed by atoms with Crippen LogP contribution in [0, 0.1) is 0 Å². The molecule has 0 aromatic heterocycles. The number of carbonyl (C=O) groups excluding carboxylic acids is 1. The summed E-state index contributed by atoms with van der Waals surface area (Å²) in [6.07, 6.45) is 0.707. The molecule has 0 spiro atoms. The Balaban J connectivity index is 2.09. The van der Waals surface area contributed by atoms with Gasteiger partial charge in [-0.3, -0.25) is 4.79 Å². The van der Waals surface area contributed by atoms with Crippen LogP contribution in [0.25, 0.3) is 0 Å². The molecule has 0 aliphatic carbocycles. The fraction of sp³-hybridized carbons (Fsp3) is 0.235. The van der Waals surface area contributed by atoms with Crippen LogP contribution >= 0.6 is 0 Å². The standard InChI is InChI=1S/C17H18O3/c1-3-16(13-7-5-4-6-8-13)17(18)20-15-11-9-14(19-2)10-12-15/h4-12,16H,3H2,1-2H3. The number of esters is 1. The van der Waals surface area contributed by atoms with E-state index in [1.54, 1.807) is 31.4 Å². The van der Waals surface area contributed by atoms with Gasteiger partial charge in [-0.05, 0) is 36.2 Å². The molecule has 0 N–H and O–H groups in total. The van der Waals surface area contributed by atoms with E-state index in [-0.39, 0.29) is 11.9 Å². The highest BCUT2D eigenvalue weighted by molar-refractivity contribution is 5.80. The molecule has 1 unspecified atom stereocenters. The number of ether oxygens (including phenoxy) is 2. The third-order valence-corrected chi connectivity index (χ3v) is 3.17. The predicted octanol–water partition coefficient (Wildman–Crippen LogP) is 3.79. The van der Waals surface area contributed by atoms with E-state index in [9.17, 15) is 4.79 Å². The molecule has 0 heterocycles. The monoisotopic (exact) mass is 270 g/mol. The molecule has 0 saturated heterocycles. The normalized spacial score (nSPS) is 11.7. The molecule has 3 nitrogen and oxygen atoms in total. The van der Waals surface area contributed by atoms with E-state index in [0.717, 1.165) is 11.3 Å². The number of hydrogen-bond acceptors (Lipinski definition) is 3. The molecule has 0 bridgehead atoms. The zero-order valence-corrected chi connectivity index (χ0v) is 11.7. The van der Waals surface area contributed by atoms with Crippen LogP contribution in [0.2, 0.25) is 0 Å². The fourth-order valence-electron chi connectivity index (χ4n) is 2.05. The summed E-state index contributed by atoms with van der Waals surface area (Å²) in [4.78, 5) is 12.2. The van der Waals surface area contributed by atoms with Crippen molar-refractivity contribution in [3.05, 3.63) is 60.2 Å². The van der Waals surface area contributed by atoms with Crippen LogP contribution < -0.4 is 9.47 Å². The van der Waals surface area contributed by atoms with E-state index < -0.39 is 0 Å². The van der Waals surface area contributed by atoms with E-state index in [1.807, 2.05) is 37.3 Å².